The highest BCUT2D eigenvalue weighted by Gasteiger charge is 2.30. The second-order valence-electron chi connectivity index (χ2n) is 10.8. The van der Waals surface area contributed by atoms with E-state index >= 15 is 0 Å². The second-order valence-corrected chi connectivity index (χ2v) is 11.2. The molecule has 4 aromatic rings. The van der Waals surface area contributed by atoms with Gasteiger partial charge >= 0.3 is 0 Å². The molecular weight excluding hydrogens is 568 g/mol. The second kappa shape index (κ2) is 12.0. The van der Waals surface area contributed by atoms with Crippen LogP contribution in [0.1, 0.15) is 52.4 Å². The van der Waals surface area contributed by atoms with Gasteiger partial charge in [-0.25, -0.2) is 10.1 Å². The van der Waals surface area contributed by atoms with E-state index in [0.717, 1.165) is 52.6 Å². The van der Waals surface area contributed by atoms with E-state index in [1.807, 2.05) is 37.3 Å². The molecule has 2 atom stereocenters. The van der Waals surface area contributed by atoms with E-state index in [-0.39, 0.29) is 23.6 Å². The zero-order valence-electron chi connectivity index (χ0n) is 23.8. The number of amides is 2. The molecule has 11 heteroatoms. The summed E-state index contributed by atoms with van der Waals surface area (Å²) < 4.78 is 5.78. The van der Waals surface area contributed by atoms with Gasteiger partial charge in [0.05, 0.1) is 17.8 Å². The van der Waals surface area contributed by atoms with Crippen molar-refractivity contribution < 1.29 is 14.3 Å². The van der Waals surface area contributed by atoms with Crippen LogP contribution in [0, 0.1) is 6.92 Å². The highest BCUT2D eigenvalue weighted by molar-refractivity contribution is 6.36. The SMILES string of the molecule is COc1nc(-c2cccc(-c3cccc(NC(=O)c4ccn[nH]c4=O)c3C)c2Cl)cc2c1[C@@H](NC[C@@H]1CCC(=O)N1)CC2. The predicted molar refractivity (Wildman–Crippen MR) is 164 cm³/mol. The van der Waals surface area contributed by atoms with Gasteiger partial charge in [-0.2, -0.15) is 5.10 Å². The lowest BCUT2D eigenvalue weighted by Gasteiger charge is -2.20. The van der Waals surface area contributed by atoms with E-state index in [9.17, 15) is 14.4 Å². The maximum absolute atomic E-state index is 12.8. The number of aromatic amines is 1. The van der Waals surface area contributed by atoms with Crippen LogP contribution >= 0.6 is 11.6 Å². The first-order chi connectivity index (χ1) is 20.8. The van der Waals surface area contributed by atoms with Gasteiger partial charge in [0.1, 0.15) is 5.56 Å². The number of hydrogen-bond donors (Lipinski definition) is 4. The number of benzene rings is 2. The van der Waals surface area contributed by atoms with Gasteiger partial charge in [-0.15, -0.1) is 0 Å². The summed E-state index contributed by atoms with van der Waals surface area (Å²) in [5.41, 5.74) is 6.08. The summed E-state index contributed by atoms with van der Waals surface area (Å²) >= 11 is 7.07. The number of H-pyrrole nitrogens is 1. The van der Waals surface area contributed by atoms with Gasteiger partial charge in [0, 0.05) is 53.6 Å². The van der Waals surface area contributed by atoms with E-state index in [4.69, 9.17) is 21.3 Å². The largest absolute Gasteiger partial charge is 0.481 e. The van der Waals surface area contributed by atoms with Crippen LogP contribution in [0.4, 0.5) is 5.69 Å². The lowest BCUT2D eigenvalue weighted by atomic mass is 9.96. The molecule has 0 bridgehead atoms. The number of nitrogens with one attached hydrogen (secondary N) is 4. The average molecular weight is 599 g/mol. The third kappa shape index (κ3) is 5.63. The molecule has 2 aliphatic rings. The van der Waals surface area contributed by atoms with Gasteiger partial charge in [-0.1, -0.05) is 41.9 Å². The normalized spacial score (nSPS) is 17.4. The molecule has 1 aliphatic heterocycles. The Bertz CT molecular complexity index is 1790. The molecule has 220 valence electrons. The molecule has 3 heterocycles. The minimum Gasteiger partial charge on any atom is -0.481 e. The zero-order chi connectivity index (χ0) is 30.1. The molecule has 0 radical (unpaired) electrons. The van der Waals surface area contributed by atoms with Crippen LogP contribution in [0.15, 0.2) is 59.5 Å². The molecule has 6 rings (SSSR count). The van der Waals surface area contributed by atoms with Gasteiger partial charge < -0.3 is 20.7 Å². The van der Waals surface area contributed by atoms with Crippen molar-refractivity contribution in [3.05, 3.63) is 92.4 Å². The highest BCUT2D eigenvalue weighted by Crippen LogP contribution is 2.43. The van der Waals surface area contributed by atoms with E-state index in [0.29, 0.717) is 35.2 Å². The fourth-order valence-electron chi connectivity index (χ4n) is 5.93. The summed E-state index contributed by atoms with van der Waals surface area (Å²) in [6, 6.07) is 15.0. The van der Waals surface area contributed by atoms with E-state index < -0.39 is 11.5 Å². The number of aromatic nitrogens is 3. The Morgan fingerprint density at radius 3 is 2.63 bits per heavy atom. The number of pyridine rings is 1. The van der Waals surface area contributed by atoms with Crippen molar-refractivity contribution in [1.29, 1.82) is 0 Å². The number of aryl methyl sites for hydroxylation is 1. The van der Waals surface area contributed by atoms with Crippen LogP contribution in [0.3, 0.4) is 0 Å². The first-order valence-electron chi connectivity index (χ1n) is 14.2. The number of methoxy groups -OCH3 is 1. The van der Waals surface area contributed by atoms with Gasteiger partial charge in [0.25, 0.3) is 11.5 Å². The van der Waals surface area contributed by atoms with Crippen molar-refractivity contribution in [2.45, 2.75) is 44.7 Å². The number of anilines is 1. The molecule has 0 spiro atoms. The number of hydrogen-bond acceptors (Lipinski definition) is 7. The molecule has 4 N–H and O–H groups in total. The number of rotatable bonds is 8. The monoisotopic (exact) mass is 598 g/mol. The fraction of sp³-hybridized carbons (Fsp3) is 0.281. The molecule has 43 heavy (non-hydrogen) atoms. The van der Waals surface area contributed by atoms with Crippen molar-refractivity contribution in [1.82, 2.24) is 25.8 Å². The molecular formula is C32H31ClN6O4. The summed E-state index contributed by atoms with van der Waals surface area (Å²) in [5.74, 6) is 0.139. The molecule has 0 unspecified atom stereocenters. The van der Waals surface area contributed by atoms with E-state index in [1.165, 1.54) is 12.3 Å². The quantitative estimate of drug-likeness (QED) is 0.233. The number of halogens is 1. The van der Waals surface area contributed by atoms with Gasteiger partial charge in [-0.05, 0) is 61.1 Å². The van der Waals surface area contributed by atoms with Gasteiger partial charge in [-0.3, -0.25) is 14.4 Å². The number of carbonyl (C=O) groups excluding carboxylic acids is 2. The number of nitrogens with zero attached hydrogens (tertiary/aromatic N) is 2. The van der Waals surface area contributed by atoms with E-state index in [1.54, 1.807) is 13.2 Å². The molecule has 1 aliphatic carbocycles. The highest BCUT2D eigenvalue weighted by atomic mass is 35.5. The molecule has 1 saturated heterocycles. The zero-order valence-corrected chi connectivity index (χ0v) is 24.5. The number of ether oxygens (including phenoxy) is 1. The molecule has 10 nitrogen and oxygen atoms in total. The van der Waals surface area contributed by atoms with Crippen LogP contribution in [0.2, 0.25) is 5.02 Å². The van der Waals surface area contributed by atoms with Crippen LogP contribution in [0.5, 0.6) is 5.88 Å². The fourth-order valence-corrected chi connectivity index (χ4v) is 6.26. The maximum atomic E-state index is 12.8. The van der Waals surface area contributed by atoms with Crippen LogP contribution in [0.25, 0.3) is 22.4 Å². The lowest BCUT2D eigenvalue weighted by molar-refractivity contribution is -0.119. The molecule has 0 saturated carbocycles. The van der Waals surface area contributed by atoms with Crippen molar-refractivity contribution in [2.24, 2.45) is 0 Å². The Balaban J connectivity index is 1.29. The van der Waals surface area contributed by atoms with Crippen molar-refractivity contribution >= 4 is 29.1 Å². The number of fused-ring (bicyclic) bond motifs is 1. The lowest BCUT2D eigenvalue weighted by Crippen LogP contribution is -2.36. The Morgan fingerprint density at radius 1 is 1.07 bits per heavy atom. The average Bonchev–Trinajstić information content (AvgIpc) is 3.62. The first kappa shape index (κ1) is 28.6. The van der Waals surface area contributed by atoms with Crippen LogP contribution in [-0.4, -0.2) is 46.7 Å². The van der Waals surface area contributed by atoms with Gasteiger partial charge in [0.15, 0.2) is 0 Å². The van der Waals surface area contributed by atoms with Crippen molar-refractivity contribution in [3.63, 3.8) is 0 Å². The third-order valence-corrected chi connectivity index (χ3v) is 8.57. The predicted octanol–water partition coefficient (Wildman–Crippen LogP) is 4.58. The van der Waals surface area contributed by atoms with Crippen molar-refractivity contribution in [2.75, 3.05) is 19.0 Å². The summed E-state index contributed by atoms with van der Waals surface area (Å²) in [6.45, 7) is 2.60. The van der Waals surface area contributed by atoms with Gasteiger partial charge in [0.2, 0.25) is 11.8 Å². The van der Waals surface area contributed by atoms with E-state index in [2.05, 4.69) is 32.2 Å². The molecule has 2 aromatic heterocycles. The first-order valence-corrected chi connectivity index (χ1v) is 14.6. The maximum Gasteiger partial charge on any atom is 0.277 e. The minimum atomic E-state index is -0.564. The third-order valence-electron chi connectivity index (χ3n) is 8.17. The minimum absolute atomic E-state index is 0.0285. The Labute approximate surface area is 253 Å². The Kier molecular flexibility index (Phi) is 7.96. The standard InChI is InChI=1S/C32H31ClN6O4/c1-17-20(5-4-8-24(17)37-30(41)23-13-14-35-39-31(23)42)21-6-3-7-22(29(21)33)26-15-18-9-11-25(28(18)32(38-26)43-2)34-16-19-10-12-27(40)36-19/h3-8,13-15,19,25,34H,9-12,16H2,1-2H3,(H,36,40)(H,37,41)(H,39,42)/t19-,25-/m0/s1. The Hall–Kier alpha value is -4.54. The number of carbonyl (C=O) groups is 2. The van der Waals surface area contributed by atoms with Crippen molar-refractivity contribution in [3.8, 4) is 28.3 Å². The Morgan fingerprint density at radius 2 is 1.86 bits per heavy atom. The smallest absolute Gasteiger partial charge is 0.277 e. The van der Waals surface area contributed by atoms with Crippen LogP contribution in [-0.2, 0) is 11.2 Å². The summed E-state index contributed by atoms with van der Waals surface area (Å²) in [5, 5.41) is 15.9. The van der Waals surface area contributed by atoms with Crippen LogP contribution < -0.4 is 26.2 Å². The summed E-state index contributed by atoms with van der Waals surface area (Å²) in [4.78, 5) is 41.3. The summed E-state index contributed by atoms with van der Waals surface area (Å²) in [6.07, 6.45) is 4.56. The molecule has 2 aromatic carbocycles. The molecule has 2 amide bonds. The topological polar surface area (TPSA) is 138 Å². The molecule has 1 fully saturated rings. The summed E-state index contributed by atoms with van der Waals surface area (Å²) in [7, 11) is 1.62.